The van der Waals surface area contributed by atoms with Crippen LogP contribution in [0.25, 0.3) is 0 Å². The third-order valence-electron chi connectivity index (χ3n) is 2.08. The molecule has 0 spiro atoms. The van der Waals surface area contributed by atoms with Gasteiger partial charge in [0, 0.05) is 19.3 Å². The maximum atomic E-state index is 9.66. The molecule has 1 aromatic heterocycles. The highest BCUT2D eigenvalue weighted by Crippen LogP contribution is 2.27. The fourth-order valence-electron chi connectivity index (χ4n) is 1.26. The van der Waals surface area contributed by atoms with Crippen molar-refractivity contribution in [1.29, 1.82) is 0 Å². The van der Waals surface area contributed by atoms with E-state index in [0.29, 0.717) is 23.7 Å². The molecule has 0 aliphatic carbocycles. The number of nitrogens with zero attached hydrogens (tertiary/aromatic N) is 2. The van der Waals surface area contributed by atoms with Crippen molar-refractivity contribution in [2.75, 3.05) is 18.2 Å². The molecular weight excluding hydrogens is 216 g/mol. The molecule has 0 atom stereocenters. The van der Waals surface area contributed by atoms with Crippen molar-refractivity contribution in [2.45, 2.75) is 19.8 Å². The molecule has 1 heterocycles. The van der Waals surface area contributed by atoms with Gasteiger partial charge < -0.3 is 5.11 Å². The van der Waals surface area contributed by atoms with E-state index in [2.05, 4.69) is 4.98 Å². The van der Waals surface area contributed by atoms with Gasteiger partial charge in [0.05, 0.1) is 16.4 Å². The molecule has 0 aliphatic heterocycles. The van der Waals surface area contributed by atoms with E-state index < -0.39 is 0 Å². The number of anilines is 1. The van der Waals surface area contributed by atoms with E-state index in [0.717, 1.165) is 17.2 Å². The smallest absolute Gasteiger partial charge is 0.0878 e. The van der Waals surface area contributed by atoms with Crippen LogP contribution in [0.4, 0.5) is 5.69 Å². The van der Waals surface area contributed by atoms with Crippen LogP contribution in [0.2, 0.25) is 5.02 Å². The van der Waals surface area contributed by atoms with Gasteiger partial charge in [0.15, 0.2) is 0 Å². The number of hydroxylamine groups is 1. The Morgan fingerprint density at radius 2 is 2.27 bits per heavy atom. The van der Waals surface area contributed by atoms with Crippen molar-refractivity contribution >= 4 is 17.3 Å². The molecule has 0 saturated carbocycles. The maximum Gasteiger partial charge on any atom is 0.0878 e. The molecule has 84 valence electrons. The summed E-state index contributed by atoms with van der Waals surface area (Å²) < 4.78 is 0. The number of rotatable bonds is 5. The SMILES string of the molecule is CCc1nccc(N(O)CCCO)c1Cl. The van der Waals surface area contributed by atoms with Gasteiger partial charge in [0.2, 0.25) is 0 Å². The van der Waals surface area contributed by atoms with Crippen LogP contribution < -0.4 is 5.06 Å². The minimum absolute atomic E-state index is 0.0421. The molecule has 15 heavy (non-hydrogen) atoms. The Morgan fingerprint density at radius 1 is 1.53 bits per heavy atom. The lowest BCUT2D eigenvalue weighted by Gasteiger charge is -2.18. The Bertz CT molecular complexity index is 320. The first-order valence-corrected chi connectivity index (χ1v) is 5.29. The van der Waals surface area contributed by atoms with E-state index >= 15 is 0 Å². The summed E-state index contributed by atoms with van der Waals surface area (Å²) in [6.07, 6.45) is 2.83. The molecule has 0 amide bonds. The summed E-state index contributed by atoms with van der Waals surface area (Å²) in [6, 6.07) is 1.65. The second-order valence-corrected chi connectivity index (χ2v) is 3.52. The fourth-order valence-corrected chi connectivity index (χ4v) is 1.61. The van der Waals surface area contributed by atoms with Crippen LogP contribution in [0.3, 0.4) is 0 Å². The first-order valence-electron chi connectivity index (χ1n) is 4.91. The number of halogens is 1. The van der Waals surface area contributed by atoms with Crippen LogP contribution in [0, 0.1) is 0 Å². The van der Waals surface area contributed by atoms with Crippen LogP contribution in [-0.4, -0.2) is 28.4 Å². The topological polar surface area (TPSA) is 56.6 Å². The highest BCUT2D eigenvalue weighted by Gasteiger charge is 2.10. The summed E-state index contributed by atoms with van der Waals surface area (Å²) in [7, 11) is 0. The second kappa shape index (κ2) is 5.90. The van der Waals surface area contributed by atoms with Crippen molar-refractivity contribution in [2.24, 2.45) is 0 Å². The van der Waals surface area contributed by atoms with Crippen molar-refractivity contribution in [1.82, 2.24) is 4.98 Å². The summed E-state index contributed by atoms with van der Waals surface area (Å²) in [6.45, 7) is 2.34. The van der Waals surface area contributed by atoms with E-state index in [4.69, 9.17) is 16.7 Å². The number of pyridine rings is 1. The number of aliphatic hydroxyl groups excluding tert-OH is 1. The van der Waals surface area contributed by atoms with Crippen molar-refractivity contribution < 1.29 is 10.3 Å². The predicted octanol–water partition coefficient (Wildman–Crippen LogP) is 1.88. The Hall–Kier alpha value is -0.840. The molecule has 0 fully saturated rings. The summed E-state index contributed by atoms with van der Waals surface area (Å²) in [4.78, 5) is 4.10. The summed E-state index contributed by atoms with van der Waals surface area (Å²) >= 11 is 6.06. The highest BCUT2D eigenvalue weighted by atomic mass is 35.5. The van der Waals surface area contributed by atoms with Gasteiger partial charge in [-0.05, 0) is 18.9 Å². The first kappa shape index (κ1) is 12.2. The van der Waals surface area contributed by atoms with Gasteiger partial charge >= 0.3 is 0 Å². The highest BCUT2D eigenvalue weighted by molar-refractivity contribution is 6.33. The van der Waals surface area contributed by atoms with Gasteiger partial charge in [0.1, 0.15) is 0 Å². The molecule has 5 heteroatoms. The van der Waals surface area contributed by atoms with Crippen LogP contribution in [0.15, 0.2) is 12.3 Å². The third kappa shape index (κ3) is 3.06. The number of aliphatic hydroxyl groups is 1. The minimum atomic E-state index is 0.0421. The molecule has 1 aromatic rings. The molecule has 0 saturated heterocycles. The van der Waals surface area contributed by atoms with Gasteiger partial charge in [-0.3, -0.25) is 15.3 Å². The monoisotopic (exact) mass is 230 g/mol. The van der Waals surface area contributed by atoms with E-state index in [1.165, 1.54) is 0 Å². The Morgan fingerprint density at radius 3 is 2.87 bits per heavy atom. The number of hydrogen-bond donors (Lipinski definition) is 2. The lowest BCUT2D eigenvalue weighted by molar-refractivity contribution is 0.228. The first-order chi connectivity index (χ1) is 7.20. The molecule has 4 nitrogen and oxygen atoms in total. The van der Waals surface area contributed by atoms with Gasteiger partial charge in [-0.1, -0.05) is 18.5 Å². The average molecular weight is 231 g/mol. The lowest BCUT2D eigenvalue weighted by Crippen LogP contribution is -2.21. The molecule has 0 bridgehead atoms. The zero-order valence-corrected chi connectivity index (χ0v) is 9.41. The summed E-state index contributed by atoms with van der Waals surface area (Å²) in [5, 5.41) is 19.8. The van der Waals surface area contributed by atoms with Crippen molar-refractivity contribution in [3.8, 4) is 0 Å². The van der Waals surface area contributed by atoms with Gasteiger partial charge in [0.25, 0.3) is 0 Å². The minimum Gasteiger partial charge on any atom is -0.396 e. The number of aromatic nitrogens is 1. The van der Waals surface area contributed by atoms with E-state index in [9.17, 15) is 5.21 Å². The number of hydrogen-bond acceptors (Lipinski definition) is 4. The Labute approximate surface area is 94.1 Å². The summed E-state index contributed by atoms with van der Waals surface area (Å²) in [5.41, 5.74) is 1.30. The maximum absolute atomic E-state index is 9.66. The van der Waals surface area contributed by atoms with Crippen molar-refractivity contribution in [3.63, 3.8) is 0 Å². The number of aryl methyl sites for hydroxylation is 1. The fraction of sp³-hybridized carbons (Fsp3) is 0.500. The lowest BCUT2D eigenvalue weighted by atomic mass is 10.2. The van der Waals surface area contributed by atoms with E-state index in [1.54, 1.807) is 12.3 Å². The van der Waals surface area contributed by atoms with Gasteiger partial charge in [-0.25, -0.2) is 0 Å². The molecular formula is C10H15ClN2O2. The molecule has 2 N–H and O–H groups in total. The van der Waals surface area contributed by atoms with Crippen LogP contribution in [0.5, 0.6) is 0 Å². The zero-order chi connectivity index (χ0) is 11.3. The average Bonchev–Trinajstić information content (AvgIpc) is 2.26. The predicted molar refractivity (Wildman–Crippen MR) is 59.5 cm³/mol. The Kier molecular flexibility index (Phi) is 4.81. The standard InChI is InChI=1S/C10H15ClN2O2/c1-2-8-10(11)9(4-5-12-8)13(15)6-3-7-14/h4-5,14-15H,2-3,6-7H2,1H3. The largest absolute Gasteiger partial charge is 0.396 e. The van der Waals surface area contributed by atoms with Crippen LogP contribution >= 0.6 is 11.6 Å². The quantitative estimate of drug-likeness (QED) is 0.759. The molecule has 0 aromatic carbocycles. The second-order valence-electron chi connectivity index (χ2n) is 3.14. The molecule has 1 rings (SSSR count). The van der Waals surface area contributed by atoms with Crippen molar-refractivity contribution in [3.05, 3.63) is 23.0 Å². The molecule has 0 aliphatic rings. The Balaban J connectivity index is 2.83. The van der Waals surface area contributed by atoms with E-state index in [1.807, 2.05) is 6.92 Å². The normalized spacial score (nSPS) is 10.4. The van der Waals surface area contributed by atoms with Gasteiger partial charge in [-0.2, -0.15) is 0 Å². The van der Waals surface area contributed by atoms with Crippen LogP contribution in [-0.2, 0) is 6.42 Å². The summed E-state index contributed by atoms with van der Waals surface area (Å²) in [5.74, 6) is 0. The molecule has 0 unspecified atom stereocenters. The van der Waals surface area contributed by atoms with E-state index in [-0.39, 0.29) is 6.61 Å². The third-order valence-corrected chi connectivity index (χ3v) is 2.49. The molecule has 0 radical (unpaired) electrons. The zero-order valence-electron chi connectivity index (χ0n) is 8.65. The van der Waals surface area contributed by atoms with Crippen LogP contribution in [0.1, 0.15) is 19.0 Å². The van der Waals surface area contributed by atoms with Gasteiger partial charge in [-0.15, -0.1) is 0 Å².